The number of para-hydroxylation sites is 2. The van der Waals surface area contributed by atoms with Crippen LogP contribution in [0.25, 0.3) is 0 Å². The number of carbonyl (C=O) groups excluding carboxylic acids is 2. The van der Waals surface area contributed by atoms with Crippen LogP contribution in [0.5, 0.6) is 0 Å². The lowest BCUT2D eigenvalue weighted by Gasteiger charge is -2.30. The molecule has 0 saturated carbocycles. The maximum absolute atomic E-state index is 12.8. The quantitative estimate of drug-likeness (QED) is 0.684. The summed E-state index contributed by atoms with van der Waals surface area (Å²) in [5, 5.41) is 2.85. The highest BCUT2D eigenvalue weighted by atomic mass is 32.2. The SMILES string of the molecule is CC(=O)c1ccc(S(=O)(=O)N(C)CC(=O)Nc2ccccc2N2CCCCC2)cc1. The summed E-state index contributed by atoms with van der Waals surface area (Å²) >= 11 is 0. The second-order valence-corrected chi connectivity index (χ2v) is 9.50. The molecule has 0 atom stereocenters. The lowest BCUT2D eigenvalue weighted by atomic mass is 10.1. The molecular formula is C22H27N3O4S. The van der Waals surface area contributed by atoms with Gasteiger partial charge in [0.2, 0.25) is 15.9 Å². The van der Waals surface area contributed by atoms with E-state index in [1.807, 2.05) is 24.3 Å². The molecule has 0 aliphatic carbocycles. The highest BCUT2D eigenvalue weighted by Gasteiger charge is 2.24. The van der Waals surface area contributed by atoms with E-state index in [4.69, 9.17) is 0 Å². The van der Waals surface area contributed by atoms with Gasteiger partial charge in [0.1, 0.15) is 0 Å². The molecule has 2 aromatic rings. The maximum Gasteiger partial charge on any atom is 0.243 e. The topological polar surface area (TPSA) is 86.8 Å². The number of hydrogen-bond donors (Lipinski definition) is 1. The first-order valence-electron chi connectivity index (χ1n) is 10.0. The first-order chi connectivity index (χ1) is 14.3. The van der Waals surface area contributed by atoms with Gasteiger partial charge >= 0.3 is 0 Å². The average molecular weight is 430 g/mol. The molecular weight excluding hydrogens is 402 g/mol. The summed E-state index contributed by atoms with van der Waals surface area (Å²) < 4.78 is 26.5. The summed E-state index contributed by atoms with van der Waals surface area (Å²) in [5.74, 6) is -0.551. The third-order valence-corrected chi connectivity index (χ3v) is 7.03. The Morgan fingerprint density at radius 1 is 1.00 bits per heavy atom. The average Bonchev–Trinajstić information content (AvgIpc) is 2.74. The highest BCUT2D eigenvalue weighted by Crippen LogP contribution is 2.28. The molecule has 1 amide bonds. The van der Waals surface area contributed by atoms with Gasteiger partial charge < -0.3 is 10.2 Å². The fourth-order valence-corrected chi connectivity index (χ4v) is 4.64. The first-order valence-corrected chi connectivity index (χ1v) is 11.4. The number of amides is 1. The van der Waals surface area contributed by atoms with E-state index >= 15 is 0 Å². The van der Waals surface area contributed by atoms with Crippen molar-refractivity contribution in [2.24, 2.45) is 0 Å². The third kappa shape index (κ3) is 5.06. The Morgan fingerprint density at radius 2 is 1.63 bits per heavy atom. The first kappa shape index (κ1) is 22.0. The third-order valence-electron chi connectivity index (χ3n) is 5.21. The van der Waals surface area contributed by atoms with Crippen LogP contribution in [0.1, 0.15) is 36.5 Å². The van der Waals surface area contributed by atoms with Crippen LogP contribution in [0.4, 0.5) is 11.4 Å². The number of Topliss-reactive ketones (excluding diaryl/α,β-unsaturated/α-hetero) is 1. The zero-order chi connectivity index (χ0) is 21.7. The van der Waals surface area contributed by atoms with Gasteiger partial charge in [0.15, 0.2) is 5.78 Å². The van der Waals surface area contributed by atoms with Crippen molar-refractivity contribution in [2.45, 2.75) is 31.1 Å². The molecule has 1 saturated heterocycles. The molecule has 0 bridgehead atoms. The number of nitrogens with one attached hydrogen (secondary N) is 1. The monoisotopic (exact) mass is 429 g/mol. The molecule has 1 fully saturated rings. The minimum Gasteiger partial charge on any atom is -0.370 e. The summed E-state index contributed by atoms with van der Waals surface area (Å²) in [4.78, 5) is 26.3. The normalized spacial score (nSPS) is 14.6. The lowest BCUT2D eigenvalue weighted by Crippen LogP contribution is -2.35. The predicted octanol–water partition coefficient (Wildman–Crippen LogP) is 3.14. The fraction of sp³-hybridized carbons (Fsp3) is 0.364. The number of rotatable bonds is 7. The van der Waals surface area contributed by atoms with Gasteiger partial charge in [-0.25, -0.2) is 8.42 Å². The van der Waals surface area contributed by atoms with Gasteiger partial charge in [-0.05, 0) is 50.5 Å². The molecule has 1 aliphatic rings. The summed E-state index contributed by atoms with van der Waals surface area (Å²) in [5.41, 5.74) is 2.07. The highest BCUT2D eigenvalue weighted by molar-refractivity contribution is 7.89. The van der Waals surface area contributed by atoms with Gasteiger partial charge in [-0.1, -0.05) is 24.3 Å². The van der Waals surface area contributed by atoms with Crippen LogP contribution < -0.4 is 10.2 Å². The van der Waals surface area contributed by atoms with E-state index < -0.39 is 15.9 Å². The number of hydrogen-bond acceptors (Lipinski definition) is 5. The van der Waals surface area contributed by atoms with Crippen LogP contribution in [0.3, 0.4) is 0 Å². The van der Waals surface area contributed by atoms with Crippen molar-refractivity contribution >= 4 is 33.1 Å². The number of ketones is 1. The molecule has 1 aliphatic heterocycles. The Morgan fingerprint density at radius 3 is 2.27 bits per heavy atom. The van der Waals surface area contributed by atoms with Gasteiger partial charge in [-0.15, -0.1) is 0 Å². The Kier molecular flexibility index (Phi) is 6.89. The number of likely N-dealkylation sites (N-methyl/N-ethyl adjacent to an activating group) is 1. The van der Waals surface area contributed by atoms with Crippen molar-refractivity contribution in [1.29, 1.82) is 0 Å². The second-order valence-electron chi connectivity index (χ2n) is 7.45. The molecule has 2 aromatic carbocycles. The van der Waals surface area contributed by atoms with Gasteiger partial charge in [-0.2, -0.15) is 4.31 Å². The van der Waals surface area contributed by atoms with E-state index in [0.717, 1.165) is 35.9 Å². The van der Waals surface area contributed by atoms with E-state index in [9.17, 15) is 18.0 Å². The summed E-state index contributed by atoms with van der Waals surface area (Å²) in [6.45, 7) is 2.99. The molecule has 30 heavy (non-hydrogen) atoms. The maximum atomic E-state index is 12.8. The van der Waals surface area contributed by atoms with Gasteiger partial charge in [0.25, 0.3) is 0 Å². The molecule has 8 heteroatoms. The summed E-state index contributed by atoms with van der Waals surface area (Å²) in [6.07, 6.45) is 3.44. The number of nitrogens with zero attached hydrogens (tertiary/aromatic N) is 2. The zero-order valence-electron chi connectivity index (χ0n) is 17.3. The van der Waals surface area contributed by atoms with Crippen molar-refractivity contribution in [3.8, 4) is 0 Å². The summed E-state index contributed by atoms with van der Waals surface area (Å²) in [7, 11) is -2.48. The molecule has 3 rings (SSSR count). The zero-order valence-corrected chi connectivity index (χ0v) is 18.1. The smallest absolute Gasteiger partial charge is 0.243 e. The van der Waals surface area contributed by atoms with Crippen LogP contribution in [0, 0.1) is 0 Å². The minimum atomic E-state index is -3.85. The van der Waals surface area contributed by atoms with Crippen LogP contribution in [-0.2, 0) is 14.8 Å². The minimum absolute atomic E-state index is 0.0384. The standard InChI is InChI=1S/C22H27N3O4S/c1-17(26)18-10-12-19(13-11-18)30(28,29)24(2)16-22(27)23-20-8-4-5-9-21(20)25-14-6-3-7-15-25/h4-5,8-13H,3,6-7,14-16H2,1-2H3,(H,23,27). The van der Waals surface area contributed by atoms with E-state index in [1.165, 1.54) is 44.7 Å². The van der Waals surface area contributed by atoms with Crippen molar-refractivity contribution in [1.82, 2.24) is 4.31 Å². The molecule has 0 aromatic heterocycles. The van der Waals surface area contributed by atoms with E-state index in [0.29, 0.717) is 11.3 Å². The largest absolute Gasteiger partial charge is 0.370 e. The van der Waals surface area contributed by atoms with Gasteiger partial charge in [-0.3, -0.25) is 9.59 Å². The van der Waals surface area contributed by atoms with Crippen LogP contribution >= 0.6 is 0 Å². The molecule has 0 radical (unpaired) electrons. The Balaban J connectivity index is 1.69. The van der Waals surface area contributed by atoms with Crippen molar-refractivity contribution in [3.63, 3.8) is 0 Å². The molecule has 1 N–H and O–H groups in total. The fourth-order valence-electron chi connectivity index (χ4n) is 3.51. The Hall–Kier alpha value is -2.71. The number of anilines is 2. The van der Waals surface area contributed by atoms with Crippen molar-refractivity contribution < 1.29 is 18.0 Å². The van der Waals surface area contributed by atoms with Crippen molar-refractivity contribution in [2.75, 3.05) is 36.9 Å². The molecule has 160 valence electrons. The predicted molar refractivity (Wildman–Crippen MR) is 117 cm³/mol. The number of benzene rings is 2. The Labute approximate surface area is 177 Å². The van der Waals surface area contributed by atoms with Gasteiger partial charge in [0.05, 0.1) is 22.8 Å². The molecule has 0 unspecified atom stereocenters. The van der Waals surface area contributed by atoms with Crippen LogP contribution in [-0.4, -0.2) is 51.1 Å². The van der Waals surface area contributed by atoms with E-state index in [2.05, 4.69) is 10.2 Å². The number of sulfonamides is 1. The number of carbonyl (C=O) groups is 2. The summed E-state index contributed by atoms with van der Waals surface area (Å²) in [6, 6.07) is 13.3. The Bertz CT molecular complexity index is 1010. The van der Waals surface area contributed by atoms with Gasteiger partial charge in [0, 0.05) is 25.7 Å². The van der Waals surface area contributed by atoms with Crippen LogP contribution in [0.2, 0.25) is 0 Å². The van der Waals surface area contributed by atoms with Crippen LogP contribution in [0.15, 0.2) is 53.4 Å². The van der Waals surface area contributed by atoms with Crippen molar-refractivity contribution in [3.05, 3.63) is 54.1 Å². The van der Waals surface area contributed by atoms with E-state index in [1.54, 1.807) is 0 Å². The lowest BCUT2D eigenvalue weighted by molar-refractivity contribution is -0.116. The van der Waals surface area contributed by atoms with E-state index in [-0.39, 0.29) is 17.2 Å². The molecule has 1 heterocycles. The second kappa shape index (κ2) is 9.40. The molecule has 0 spiro atoms. The number of piperidine rings is 1. The molecule has 7 nitrogen and oxygen atoms in total.